The van der Waals surface area contributed by atoms with E-state index in [1.165, 1.54) is 0 Å². The molecule has 7 aromatic carbocycles. The number of hydrogen-bond acceptors (Lipinski definition) is 12. The van der Waals surface area contributed by atoms with Gasteiger partial charge < -0.3 is 57.8 Å². The van der Waals surface area contributed by atoms with Crippen molar-refractivity contribution in [3.63, 3.8) is 0 Å². The first-order chi connectivity index (χ1) is 38.1. The Bertz CT molecular complexity index is 2340. The van der Waals surface area contributed by atoms with Crippen molar-refractivity contribution in [1.29, 1.82) is 0 Å². The van der Waals surface area contributed by atoms with E-state index in [-0.39, 0.29) is 34.5 Å². The number of hydrogen-bond donors (Lipinski definition) is 0. The van der Waals surface area contributed by atoms with Gasteiger partial charge in [0.15, 0.2) is 0 Å². The molecule has 12 heteroatoms. The lowest BCUT2D eigenvalue weighted by Gasteiger charge is -2.27. The highest BCUT2D eigenvalue weighted by molar-refractivity contribution is 5.77. The van der Waals surface area contributed by atoms with E-state index in [2.05, 4.69) is 185 Å². The maximum Gasteiger partial charge on any atom is 0.220 e. The molecule has 0 aliphatic heterocycles. The molecule has 0 N–H and O–H groups in total. The lowest BCUT2D eigenvalue weighted by molar-refractivity contribution is 0.326. The smallest absolute Gasteiger partial charge is 0.220 e. The molecule has 0 atom stereocenters. The molecule has 0 spiro atoms. The third-order valence-corrected chi connectivity index (χ3v) is 14.3. The molecule has 0 saturated heterocycles. The Kier molecular flexibility index (Phi) is 21.1. The molecule has 0 aliphatic rings. The van der Waals surface area contributed by atoms with Crippen LogP contribution in [0.4, 0.5) is 34.1 Å². The maximum absolute atomic E-state index is 7.25. The van der Waals surface area contributed by atoms with Crippen molar-refractivity contribution in [3.05, 3.63) is 146 Å². The van der Waals surface area contributed by atoms with Gasteiger partial charge in [-0.15, -0.1) is 0 Å². The number of ether oxygens (including phenoxy) is 6. The van der Waals surface area contributed by atoms with E-state index in [9.17, 15) is 0 Å². The Morgan fingerprint density at radius 3 is 0.372 bits per heavy atom. The second-order valence-corrected chi connectivity index (χ2v) is 18.6. The van der Waals surface area contributed by atoms with Gasteiger partial charge in [-0.3, -0.25) is 0 Å². The number of benzene rings is 7. The fraction of sp³-hybridized carbons (Fsp3) is 0.364. The van der Waals surface area contributed by atoms with Gasteiger partial charge in [0.05, 0.1) is 0 Å². The van der Waals surface area contributed by atoms with Crippen molar-refractivity contribution in [2.45, 2.75) is 83.1 Å². The van der Waals surface area contributed by atoms with Gasteiger partial charge in [-0.25, -0.2) is 0 Å². The van der Waals surface area contributed by atoms with Gasteiger partial charge in [0, 0.05) is 113 Å². The molecule has 0 aromatic heterocycles. The van der Waals surface area contributed by atoms with Crippen LogP contribution in [0.5, 0.6) is 69.0 Å². The van der Waals surface area contributed by atoms with E-state index < -0.39 is 0 Å². The fourth-order valence-corrected chi connectivity index (χ4v) is 9.76. The van der Waals surface area contributed by atoms with E-state index in [4.69, 9.17) is 28.4 Å². The minimum Gasteiger partial charge on any atom is -0.449 e. The number of nitrogens with zero attached hydrogens (tertiary/aromatic N) is 6. The normalized spacial score (nSPS) is 10.9. The van der Waals surface area contributed by atoms with Gasteiger partial charge in [-0.1, -0.05) is 0 Å². The van der Waals surface area contributed by atoms with Crippen LogP contribution in [0.3, 0.4) is 0 Å². The summed E-state index contributed by atoms with van der Waals surface area (Å²) in [6.45, 7) is 36.2. The lowest BCUT2D eigenvalue weighted by atomic mass is 10.2. The summed E-state index contributed by atoms with van der Waals surface area (Å²) >= 11 is 0. The molecule has 78 heavy (non-hydrogen) atoms. The summed E-state index contributed by atoms with van der Waals surface area (Å²) in [5, 5.41) is 0. The molecule has 0 bridgehead atoms. The summed E-state index contributed by atoms with van der Waals surface area (Å²) in [5.74, 6) is 4.49. The van der Waals surface area contributed by atoms with Crippen molar-refractivity contribution in [3.8, 4) is 69.0 Å². The van der Waals surface area contributed by atoms with E-state index >= 15 is 0 Å². The number of rotatable bonds is 30. The first-order valence-electron chi connectivity index (χ1n) is 28.5. The van der Waals surface area contributed by atoms with Crippen LogP contribution in [0.2, 0.25) is 0 Å². The SMILES string of the molecule is CCN(CC)c1ccc(Oc2c(Oc3ccc(N(CC)CC)cc3)c(Oc3ccc(N(CC)CC)cc3)c(Oc3ccc(N(CC)CC)cc3)c(Oc3ccc(N(CC)CC)cc3)c2Oc2ccc(N(CC)CC)cc2)cc1. The highest BCUT2D eigenvalue weighted by Crippen LogP contribution is 2.63. The van der Waals surface area contributed by atoms with Crippen LogP contribution in [-0.4, -0.2) is 78.5 Å². The summed E-state index contributed by atoms with van der Waals surface area (Å²) in [4.78, 5) is 13.8. The van der Waals surface area contributed by atoms with E-state index in [1.807, 2.05) is 72.8 Å². The molecule has 0 saturated carbocycles. The third-order valence-electron chi connectivity index (χ3n) is 14.3. The van der Waals surface area contributed by atoms with Crippen LogP contribution in [0.25, 0.3) is 0 Å². The summed E-state index contributed by atoms with van der Waals surface area (Å²) in [6.07, 6.45) is 0. The first-order valence-corrected chi connectivity index (χ1v) is 28.5. The van der Waals surface area contributed by atoms with Crippen molar-refractivity contribution in [2.24, 2.45) is 0 Å². The second-order valence-electron chi connectivity index (χ2n) is 18.6. The zero-order chi connectivity index (χ0) is 55.6. The molecule has 0 aliphatic carbocycles. The molecule has 0 heterocycles. The Labute approximate surface area is 466 Å². The molecular formula is C66H84N6O6. The van der Waals surface area contributed by atoms with Gasteiger partial charge in [-0.2, -0.15) is 0 Å². The Morgan fingerprint density at radius 1 is 0.179 bits per heavy atom. The summed E-state index contributed by atoms with van der Waals surface area (Å²) < 4.78 is 43.5. The van der Waals surface area contributed by atoms with Crippen LogP contribution < -0.4 is 57.8 Å². The Balaban J connectivity index is 1.58. The third kappa shape index (κ3) is 14.0. The van der Waals surface area contributed by atoms with Crippen molar-refractivity contribution < 1.29 is 28.4 Å². The average Bonchev–Trinajstić information content (AvgIpc) is 3.62. The maximum atomic E-state index is 7.25. The van der Waals surface area contributed by atoms with Crippen LogP contribution in [0.15, 0.2) is 146 Å². The highest BCUT2D eigenvalue weighted by atomic mass is 16.6. The van der Waals surface area contributed by atoms with E-state index in [1.54, 1.807) is 0 Å². The summed E-state index contributed by atoms with van der Waals surface area (Å²) in [7, 11) is 0. The molecule has 414 valence electrons. The minimum absolute atomic E-state index is 0.208. The summed E-state index contributed by atoms with van der Waals surface area (Å²) in [6, 6.07) is 48.5. The van der Waals surface area contributed by atoms with Gasteiger partial charge in [0.2, 0.25) is 34.5 Å². The molecular weight excluding hydrogens is 973 g/mol. The van der Waals surface area contributed by atoms with Crippen LogP contribution in [0.1, 0.15) is 83.1 Å². The Hall–Kier alpha value is -7.86. The standard InChI is InChI=1S/C66H84N6O6/c1-13-67(14-2)49-25-37-55(38-26-49)73-61-62(74-56-39-27-50(28-40-56)68(15-3)16-4)64(76-58-43-31-52(32-44-58)70(19-7)20-8)66(78-60-47-35-54(36-48-60)72(23-11)24-12)65(77-59-45-33-53(34-46-59)71(21-9)22-10)63(61)75-57-41-29-51(30-42-57)69(17-5)18-6/h25-48H,13-24H2,1-12H3. The van der Waals surface area contributed by atoms with Crippen LogP contribution in [0, 0.1) is 0 Å². The van der Waals surface area contributed by atoms with Gasteiger partial charge >= 0.3 is 0 Å². The molecule has 0 unspecified atom stereocenters. The summed E-state index contributed by atoms with van der Waals surface area (Å²) in [5.41, 5.74) is 6.46. The molecule has 7 aromatic rings. The Morgan fingerprint density at radius 2 is 0.282 bits per heavy atom. The van der Waals surface area contributed by atoms with Crippen molar-refractivity contribution >= 4 is 34.1 Å². The molecule has 0 amide bonds. The van der Waals surface area contributed by atoms with Crippen LogP contribution in [-0.2, 0) is 0 Å². The van der Waals surface area contributed by atoms with E-state index in [0.29, 0.717) is 34.5 Å². The van der Waals surface area contributed by atoms with Gasteiger partial charge in [-0.05, 0) is 229 Å². The highest BCUT2D eigenvalue weighted by Gasteiger charge is 2.35. The molecule has 7 rings (SSSR count). The second kappa shape index (κ2) is 28.5. The average molecular weight is 1060 g/mol. The van der Waals surface area contributed by atoms with Crippen molar-refractivity contribution in [1.82, 2.24) is 0 Å². The number of anilines is 6. The van der Waals surface area contributed by atoms with Crippen molar-refractivity contribution in [2.75, 3.05) is 108 Å². The first kappa shape index (κ1) is 57.8. The minimum atomic E-state index is 0.208. The zero-order valence-electron chi connectivity index (χ0n) is 48.5. The topological polar surface area (TPSA) is 74.8 Å². The largest absolute Gasteiger partial charge is 0.449 e. The monoisotopic (exact) mass is 1060 g/mol. The predicted octanol–water partition coefficient (Wildman–Crippen LogP) is 17.5. The molecule has 0 radical (unpaired) electrons. The quantitative estimate of drug-likeness (QED) is 0.0431. The lowest BCUT2D eigenvalue weighted by Crippen LogP contribution is -2.21. The zero-order valence-corrected chi connectivity index (χ0v) is 48.5. The molecule has 0 fully saturated rings. The van der Waals surface area contributed by atoms with Crippen LogP contribution >= 0.6 is 0 Å². The van der Waals surface area contributed by atoms with Gasteiger partial charge in [0.1, 0.15) is 34.5 Å². The molecule has 12 nitrogen and oxygen atoms in total. The predicted molar refractivity (Wildman–Crippen MR) is 327 cm³/mol. The fourth-order valence-electron chi connectivity index (χ4n) is 9.76. The van der Waals surface area contributed by atoms with E-state index in [0.717, 1.165) is 113 Å². The van der Waals surface area contributed by atoms with Gasteiger partial charge in [0.25, 0.3) is 0 Å².